The van der Waals surface area contributed by atoms with Crippen molar-refractivity contribution >= 4 is 12.2 Å². The molecule has 102 valence electrons. The quantitative estimate of drug-likeness (QED) is 0.858. The van der Waals surface area contributed by atoms with Crippen LogP contribution in [-0.2, 0) is 6.42 Å². The van der Waals surface area contributed by atoms with E-state index in [1.165, 1.54) is 12.1 Å². The van der Waals surface area contributed by atoms with E-state index < -0.39 is 0 Å². The predicted octanol–water partition coefficient (Wildman–Crippen LogP) is 4.01. The Balaban J connectivity index is 2.25. The van der Waals surface area contributed by atoms with Crippen LogP contribution in [-0.4, -0.2) is 14.8 Å². The third kappa shape index (κ3) is 3.10. The summed E-state index contributed by atoms with van der Waals surface area (Å²) in [4.78, 5) is 0. The maximum atomic E-state index is 12.9. The number of hydrogen-bond donors (Lipinski definition) is 1. The van der Waals surface area contributed by atoms with Crippen LogP contribution in [0.5, 0.6) is 0 Å². The first-order valence-electron chi connectivity index (χ1n) is 6.40. The Hall–Kier alpha value is -1.49. The maximum absolute atomic E-state index is 12.9. The van der Waals surface area contributed by atoms with E-state index in [9.17, 15) is 4.39 Å². The molecule has 1 aromatic carbocycles. The molecule has 0 spiro atoms. The molecule has 2 aromatic rings. The average molecular weight is 279 g/mol. The lowest BCUT2D eigenvalue weighted by atomic mass is 10.1. The van der Waals surface area contributed by atoms with E-state index in [0.29, 0.717) is 10.7 Å². The zero-order valence-corrected chi connectivity index (χ0v) is 12.2. The Kier molecular flexibility index (Phi) is 4.14. The summed E-state index contributed by atoms with van der Waals surface area (Å²) in [7, 11) is 0. The van der Waals surface area contributed by atoms with Gasteiger partial charge in [-0.05, 0) is 43.3 Å². The van der Waals surface area contributed by atoms with E-state index in [1.807, 2.05) is 16.7 Å². The molecule has 0 saturated carbocycles. The first-order valence-corrected chi connectivity index (χ1v) is 6.81. The fraction of sp³-hybridized carbons (Fsp3) is 0.429. The van der Waals surface area contributed by atoms with Gasteiger partial charge in [0.1, 0.15) is 11.6 Å². The number of aromatic nitrogens is 3. The summed E-state index contributed by atoms with van der Waals surface area (Å²) in [5.41, 5.74) is 1.09. The summed E-state index contributed by atoms with van der Waals surface area (Å²) in [5.74, 6) is 1.06. The van der Waals surface area contributed by atoms with Gasteiger partial charge < -0.3 is 4.57 Å². The van der Waals surface area contributed by atoms with E-state index in [1.54, 1.807) is 0 Å². The monoisotopic (exact) mass is 279 g/mol. The van der Waals surface area contributed by atoms with Crippen LogP contribution in [0.3, 0.4) is 0 Å². The molecule has 0 aliphatic rings. The van der Waals surface area contributed by atoms with Crippen molar-refractivity contribution in [2.45, 2.75) is 39.2 Å². The number of benzene rings is 1. The molecule has 1 aromatic heterocycles. The summed E-state index contributed by atoms with van der Waals surface area (Å²) in [5, 5.41) is 7.13. The van der Waals surface area contributed by atoms with Crippen molar-refractivity contribution in [3.05, 3.63) is 46.2 Å². The number of halogens is 1. The van der Waals surface area contributed by atoms with Crippen LogP contribution in [0.15, 0.2) is 24.3 Å². The Morgan fingerprint density at radius 3 is 2.47 bits per heavy atom. The number of H-pyrrole nitrogens is 1. The number of hydrogen-bond acceptors (Lipinski definition) is 2. The molecular formula is C14H18FN3S. The fourth-order valence-electron chi connectivity index (χ4n) is 2.20. The third-order valence-corrected chi connectivity index (χ3v) is 3.42. The summed E-state index contributed by atoms with van der Waals surface area (Å²) >= 11 is 5.29. The zero-order chi connectivity index (χ0) is 14.0. The molecule has 1 unspecified atom stereocenters. The first-order chi connectivity index (χ1) is 8.99. The minimum atomic E-state index is -0.209. The van der Waals surface area contributed by atoms with E-state index in [2.05, 4.69) is 31.0 Å². The highest BCUT2D eigenvalue weighted by molar-refractivity contribution is 7.71. The Morgan fingerprint density at radius 1 is 1.26 bits per heavy atom. The molecular weight excluding hydrogens is 261 g/mol. The summed E-state index contributed by atoms with van der Waals surface area (Å²) in [6, 6.07) is 6.78. The molecule has 0 radical (unpaired) electrons. The van der Waals surface area contributed by atoms with Crippen molar-refractivity contribution in [3.63, 3.8) is 0 Å². The lowest BCUT2D eigenvalue weighted by Gasteiger charge is -2.17. The van der Waals surface area contributed by atoms with E-state index >= 15 is 0 Å². The molecule has 2 rings (SSSR count). The highest BCUT2D eigenvalue weighted by Gasteiger charge is 2.15. The van der Waals surface area contributed by atoms with Gasteiger partial charge >= 0.3 is 0 Å². The van der Waals surface area contributed by atoms with Crippen molar-refractivity contribution in [2.75, 3.05) is 0 Å². The molecule has 0 bridgehead atoms. The van der Waals surface area contributed by atoms with Crippen LogP contribution in [0.2, 0.25) is 0 Å². The van der Waals surface area contributed by atoms with Gasteiger partial charge in [-0.1, -0.05) is 26.0 Å². The lowest BCUT2D eigenvalue weighted by molar-refractivity contribution is 0.502. The molecule has 19 heavy (non-hydrogen) atoms. The van der Waals surface area contributed by atoms with E-state index in [-0.39, 0.29) is 11.9 Å². The van der Waals surface area contributed by atoms with Gasteiger partial charge in [0.15, 0.2) is 4.77 Å². The standard InChI is InChI=1S/C14H18FN3S/c1-9(2)13-16-17-14(19)18(13)10(3)8-11-4-6-12(15)7-5-11/h4-7,9-10H,8H2,1-3H3,(H,17,19). The van der Waals surface area contributed by atoms with Gasteiger partial charge in [-0.3, -0.25) is 5.10 Å². The average Bonchev–Trinajstić information content (AvgIpc) is 2.74. The number of nitrogens with one attached hydrogen (secondary N) is 1. The summed E-state index contributed by atoms with van der Waals surface area (Å²) < 4.78 is 15.6. The molecule has 5 heteroatoms. The van der Waals surface area contributed by atoms with Crippen LogP contribution in [0, 0.1) is 10.6 Å². The van der Waals surface area contributed by atoms with Gasteiger partial charge in [-0.15, -0.1) is 0 Å². The Morgan fingerprint density at radius 2 is 1.89 bits per heavy atom. The van der Waals surface area contributed by atoms with Crippen LogP contribution in [0.25, 0.3) is 0 Å². The van der Waals surface area contributed by atoms with E-state index in [0.717, 1.165) is 17.8 Å². The van der Waals surface area contributed by atoms with Crippen LogP contribution >= 0.6 is 12.2 Å². The second-order valence-corrected chi connectivity index (χ2v) is 5.48. The number of aromatic amines is 1. The Labute approximate surface area is 117 Å². The van der Waals surface area contributed by atoms with Gasteiger partial charge in [-0.25, -0.2) is 4.39 Å². The molecule has 0 amide bonds. The van der Waals surface area contributed by atoms with Crippen LogP contribution in [0.1, 0.15) is 44.1 Å². The van der Waals surface area contributed by atoms with Crippen LogP contribution in [0.4, 0.5) is 4.39 Å². The summed E-state index contributed by atoms with van der Waals surface area (Å²) in [6.07, 6.45) is 0.799. The Bertz CT molecular complexity index is 598. The molecule has 0 saturated heterocycles. The number of nitrogens with zero attached hydrogens (tertiary/aromatic N) is 2. The van der Waals surface area contributed by atoms with Crippen molar-refractivity contribution < 1.29 is 4.39 Å². The maximum Gasteiger partial charge on any atom is 0.195 e. The minimum Gasteiger partial charge on any atom is -0.301 e. The SMILES string of the molecule is CC(C)c1n[nH]c(=S)n1C(C)Cc1ccc(F)cc1. The lowest BCUT2D eigenvalue weighted by Crippen LogP contribution is -2.13. The normalized spacial score (nSPS) is 12.9. The highest BCUT2D eigenvalue weighted by atomic mass is 32.1. The molecule has 0 aliphatic heterocycles. The largest absolute Gasteiger partial charge is 0.301 e. The smallest absolute Gasteiger partial charge is 0.195 e. The highest BCUT2D eigenvalue weighted by Crippen LogP contribution is 2.20. The van der Waals surface area contributed by atoms with Gasteiger partial charge in [0.25, 0.3) is 0 Å². The third-order valence-electron chi connectivity index (χ3n) is 3.13. The van der Waals surface area contributed by atoms with Gasteiger partial charge in [-0.2, -0.15) is 5.10 Å². The molecule has 3 nitrogen and oxygen atoms in total. The second-order valence-electron chi connectivity index (χ2n) is 5.09. The fourth-order valence-corrected chi connectivity index (χ4v) is 2.52. The van der Waals surface area contributed by atoms with Crippen molar-refractivity contribution in [3.8, 4) is 0 Å². The predicted molar refractivity (Wildman–Crippen MR) is 76.3 cm³/mol. The van der Waals surface area contributed by atoms with Crippen molar-refractivity contribution in [2.24, 2.45) is 0 Å². The van der Waals surface area contributed by atoms with Crippen molar-refractivity contribution in [1.82, 2.24) is 14.8 Å². The molecule has 1 heterocycles. The molecule has 0 aliphatic carbocycles. The second kappa shape index (κ2) is 5.65. The van der Waals surface area contributed by atoms with Crippen LogP contribution < -0.4 is 0 Å². The van der Waals surface area contributed by atoms with Gasteiger partial charge in [0.2, 0.25) is 0 Å². The minimum absolute atomic E-state index is 0.189. The summed E-state index contributed by atoms with van der Waals surface area (Å²) in [6.45, 7) is 6.28. The molecule has 0 fully saturated rings. The van der Waals surface area contributed by atoms with E-state index in [4.69, 9.17) is 12.2 Å². The molecule has 1 atom stereocenters. The first kappa shape index (κ1) is 13.9. The van der Waals surface area contributed by atoms with Gasteiger partial charge in [0.05, 0.1) is 0 Å². The van der Waals surface area contributed by atoms with Crippen molar-refractivity contribution in [1.29, 1.82) is 0 Å². The topological polar surface area (TPSA) is 33.6 Å². The number of rotatable bonds is 4. The molecule has 1 N–H and O–H groups in total. The zero-order valence-electron chi connectivity index (χ0n) is 11.4. The van der Waals surface area contributed by atoms with Gasteiger partial charge in [0, 0.05) is 12.0 Å².